The number of rotatable bonds is 3. The van der Waals surface area contributed by atoms with Crippen LogP contribution in [0.1, 0.15) is 27.7 Å². The summed E-state index contributed by atoms with van der Waals surface area (Å²) in [7, 11) is -0.400. The summed E-state index contributed by atoms with van der Waals surface area (Å²) in [5.74, 6) is 1.31. The lowest BCUT2D eigenvalue weighted by molar-refractivity contribution is 0.00578. The van der Waals surface area contributed by atoms with Crippen molar-refractivity contribution < 1.29 is 14.0 Å². The van der Waals surface area contributed by atoms with Crippen molar-refractivity contribution in [1.82, 2.24) is 4.98 Å². The molecule has 1 aromatic heterocycles. The van der Waals surface area contributed by atoms with Crippen LogP contribution in [0.15, 0.2) is 48.7 Å². The summed E-state index contributed by atoms with van der Waals surface area (Å²) in [5, 5.41) is 0. The third-order valence-electron chi connectivity index (χ3n) is 4.25. The van der Waals surface area contributed by atoms with Crippen LogP contribution in [0.2, 0.25) is 0 Å². The number of hydrogen-bond donors (Lipinski definition) is 0. The molecule has 1 saturated heterocycles. The van der Waals surface area contributed by atoms with Gasteiger partial charge in [0.25, 0.3) is 0 Å². The lowest BCUT2D eigenvalue weighted by Crippen LogP contribution is -2.41. The van der Waals surface area contributed by atoms with Crippen molar-refractivity contribution in [2.75, 3.05) is 0 Å². The Labute approximate surface area is 131 Å². The molecule has 0 spiro atoms. The minimum Gasteiger partial charge on any atom is -0.439 e. The molecule has 22 heavy (non-hydrogen) atoms. The number of benzene rings is 1. The zero-order valence-corrected chi connectivity index (χ0v) is 13.4. The minimum atomic E-state index is -0.400. The molecule has 0 unspecified atom stereocenters. The number of hydrogen-bond acceptors (Lipinski definition) is 4. The van der Waals surface area contributed by atoms with Crippen LogP contribution < -0.4 is 10.2 Å². The van der Waals surface area contributed by atoms with E-state index in [0.29, 0.717) is 5.88 Å². The van der Waals surface area contributed by atoms with Gasteiger partial charge in [0.2, 0.25) is 5.88 Å². The van der Waals surface area contributed by atoms with Gasteiger partial charge in [-0.05, 0) is 39.8 Å². The Kier molecular flexibility index (Phi) is 3.71. The van der Waals surface area contributed by atoms with Crippen molar-refractivity contribution in [1.29, 1.82) is 0 Å². The largest absolute Gasteiger partial charge is 0.496 e. The number of nitrogens with zero attached hydrogens (tertiary/aromatic N) is 1. The zero-order chi connectivity index (χ0) is 15.8. The Morgan fingerprint density at radius 3 is 2.09 bits per heavy atom. The monoisotopic (exact) mass is 297 g/mol. The van der Waals surface area contributed by atoms with E-state index in [9.17, 15) is 0 Å². The first-order valence-electron chi connectivity index (χ1n) is 7.42. The van der Waals surface area contributed by atoms with Crippen LogP contribution in [0, 0.1) is 0 Å². The summed E-state index contributed by atoms with van der Waals surface area (Å²) >= 11 is 0. The average Bonchev–Trinajstić information content (AvgIpc) is 2.69. The van der Waals surface area contributed by atoms with E-state index in [-0.39, 0.29) is 11.2 Å². The molecule has 2 heterocycles. The lowest BCUT2D eigenvalue weighted by Gasteiger charge is -2.32. The molecule has 0 radical (unpaired) electrons. The summed E-state index contributed by atoms with van der Waals surface area (Å²) < 4.78 is 17.7. The normalized spacial score (nSPS) is 19.2. The van der Waals surface area contributed by atoms with Crippen LogP contribution in [0.3, 0.4) is 0 Å². The van der Waals surface area contributed by atoms with Gasteiger partial charge in [0.15, 0.2) is 0 Å². The van der Waals surface area contributed by atoms with Crippen molar-refractivity contribution >= 4 is 12.6 Å². The molecule has 5 heteroatoms. The van der Waals surface area contributed by atoms with E-state index in [1.54, 1.807) is 6.20 Å². The number of pyridine rings is 1. The predicted octanol–water partition coefficient (Wildman–Crippen LogP) is 3.17. The van der Waals surface area contributed by atoms with E-state index in [2.05, 4.69) is 4.98 Å². The van der Waals surface area contributed by atoms with Crippen LogP contribution in [0.4, 0.5) is 0 Å². The SMILES string of the molecule is CC1(C)OB(c2ccc(Oc3ccccc3)nc2)OC1(C)C. The van der Waals surface area contributed by atoms with Crippen molar-refractivity contribution in [3.8, 4) is 11.6 Å². The molecular weight excluding hydrogens is 277 g/mol. The summed E-state index contributed by atoms with van der Waals surface area (Å²) in [6.07, 6.45) is 1.74. The third-order valence-corrected chi connectivity index (χ3v) is 4.25. The molecule has 0 atom stereocenters. The standard InChI is InChI=1S/C17H20BNO3/c1-16(2)17(3,4)22-18(21-16)13-10-11-15(19-12-13)20-14-8-6-5-7-9-14/h5-12H,1-4H3. The second kappa shape index (κ2) is 5.41. The average molecular weight is 297 g/mol. The Morgan fingerprint density at radius 1 is 0.909 bits per heavy atom. The highest BCUT2D eigenvalue weighted by Gasteiger charge is 2.51. The predicted molar refractivity (Wildman–Crippen MR) is 86.5 cm³/mol. The van der Waals surface area contributed by atoms with E-state index in [1.165, 1.54) is 0 Å². The molecule has 1 aliphatic rings. The van der Waals surface area contributed by atoms with Crippen LogP contribution in [-0.2, 0) is 9.31 Å². The van der Waals surface area contributed by atoms with Gasteiger partial charge in [-0.15, -0.1) is 0 Å². The molecule has 0 bridgehead atoms. The van der Waals surface area contributed by atoms with Crippen LogP contribution in [0.25, 0.3) is 0 Å². The highest BCUT2D eigenvalue weighted by molar-refractivity contribution is 6.62. The zero-order valence-electron chi connectivity index (χ0n) is 13.4. The maximum absolute atomic E-state index is 6.01. The first kappa shape index (κ1) is 15.1. The molecule has 4 nitrogen and oxygen atoms in total. The van der Waals surface area contributed by atoms with E-state index < -0.39 is 7.12 Å². The molecule has 1 aliphatic heterocycles. The number of ether oxygens (including phenoxy) is 1. The molecule has 2 aromatic rings. The maximum Gasteiger partial charge on any atom is 0.496 e. The molecule has 3 rings (SSSR count). The van der Waals surface area contributed by atoms with Gasteiger partial charge in [0.05, 0.1) is 11.2 Å². The lowest BCUT2D eigenvalue weighted by atomic mass is 9.80. The van der Waals surface area contributed by atoms with Crippen molar-refractivity contribution in [3.63, 3.8) is 0 Å². The first-order valence-corrected chi connectivity index (χ1v) is 7.42. The highest BCUT2D eigenvalue weighted by Crippen LogP contribution is 2.36. The summed E-state index contributed by atoms with van der Waals surface area (Å²) in [4.78, 5) is 4.33. The first-order chi connectivity index (χ1) is 10.4. The Hall–Kier alpha value is -1.85. The van der Waals surface area contributed by atoms with Crippen LogP contribution in [-0.4, -0.2) is 23.3 Å². The van der Waals surface area contributed by atoms with Gasteiger partial charge in [-0.25, -0.2) is 4.98 Å². The van der Waals surface area contributed by atoms with Gasteiger partial charge in [0, 0.05) is 17.7 Å². The molecule has 0 N–H and O–H groups in total. The second-order valence-electron chi connectivity index (χ2n) is 6.43. The van der Waals surface area contributed by atoms with Crippen molar-refractivity contribution in [2.45, 2.75) is 38.9 Å². The smallest absolute Gasteiger partial charge is 0.439 e. The topological polar surface area (TPSA) is 40.6 Å². The summed E-state index contributed by atoms with van der Waals surface area (Å²) in [6, 6.07) is 13.3. The van der Waals surface area contributed by atoms with E-state index in [0.717, 1.165) is 11.2 Å². The summed E-state index contributed by atoms with van der Waals surface area (Å²) in [6.45, 7) is 8.14. The van der Waals surface area contributed by atoms with E-state index >= 15 is 0 Å². The quantitative estimate of drug-likeness (QED) is 0.816. The Bertz CT molecular complexity index is 625. The fourth-order valence-electron chi connectivity index (χ4n) is 2.18. The Balaban J connectivity index is 1.73. The molecular formula is C17H20BNO3. The fraction of sp³-hybridized carbons (Fsp3) is 0.353. The van der Waals surface area contributed by atoms with Gasteiger partial charge >= 0.3 is 7.12 Å². The highest BCUT2D eigenvalue weighted by atomic mass is 16.7. The van der Waals surface area contributed by atoms with E-state index in [1.807, 2.05) is 70.2 Å². The van der Waals surface area contributed by atoms with Gasteiger partial charge < -0.3 is 14.0 Å². The van der Waals surface area contributed by atoms with Crippen LogP contribution in [0.5, 0.6) is 11.6 Å². The molecule has 0 amide bonds. The second-order valence-corrected chi connectivity index (χ2v) is 6.43. The summed E-state index contributed by atoms with van der Waals surface area (Å²) in [5.41, 5.74) is 0.187. The Morgan fingerprint density at radius 2 is 1.55 bits per heavy atom. The molecule has 0 aliphatic carbocycles. The minimum absolute atomic E-state index is 0.350. The number of para-hydroxylation sites is 1. The third kappa shape index (κ3) is 2.87. The van der Waals surface area contributed by atoms with Crippen molar-refractivity contribution in [2.24, 2.45) is 0 Å². The van der Waals surface area contributed by atoms with E-state index in [4.69, 9.17) is 14.0 Å². The molecule has 0 saturated carbocycles. The molecule has 114 valence electrons. The number of aromatic nitrogens is 1. The van der Waals surface area contributed by atoms with Gasteiger partial charge in [-0.3, -0.25) is 0 Å². The van der Waals surface area contributed by atoms with Gasteiger partial charge in [-0.2, -0.15) is 0 Å². The van der Waals surface area contributed by atoms with Gasteiger partial charge in [-0.1, -0.05) is 24.3 Å². The fourth-order valence-corrected chi connectivity index (χ4v) is 2.18. The molecule has 1 fully saturated rings. The maximum atomic E-state index is 6.01. The molecule has 1 aromatic carbocycles. The van der Waals surface area contributed by atoms with Crippen molar-refractivity contribution in [3.05, 3.63) is 48.7 Å². The van der Waals surface area contributed by atoms with Gasteiger partial charge in [0.1, 0.15) is 5.75 Å². The van der Waals surface area contributed by atoms with Crippen LogP contribution >= 0.6 is 0 Å².